The molecule has 0 aromatic carbocycles. The first-order valence-corrected chi connectivity index (χ1v) is 2.36. The van der Waals surface area contributed by atoms with Crippen molar-refractivity contribution in [2.75, 3.05) is 0 Å². The molecule has 3 nitrogen and oxygen atoms in total. The van der Waals surface area contributed by atoms with Crippen LogP contribution in [0.15, 0.2) is 0 Å². The van der Waals surface area contributed by atoms with Crippen molar-refractivity contribution in [3.05, 3.63) is 0 Å². The van der Waals surface area contributed by atoms with E-state index in [1.54, 1.807) is 0 Å². The minimum atomic E-state index is -4.79. The minimum Gasteiger partial charge on any atom is -0.366 e. The van der Waals surface area contributed by atoms with E-state index in [2.05, 4.69) is 0 Å². The van der Waals surface area contributed by atoms with Gasteiger partial charge in [0.15, 0.2) is 0 Å². The molecule has 0 rings (SSSR count). The molecular formula is C5H10F3NO2. The van der Waals surface area contributed by atoms with E-state index in [1.807, 2.05) is 0 Å². The molecule has 0 bridgehead atoms. The topological polar surface area (TPSA) is 49.3 Å². The maximum atomic E-state index is 11.3. The summed E-state index contributed by atoms with van der Waals surface area (Å²) in [6.07, 6.45) is -7.55. The van der Waals surface area contributed by atoms with Crippen LogP contribution in [0.1, 0.15) is 14.4 Å². The van der Waals surface area contributed by atoms with Crippen molar-refractivity contribution < 1.29 is 23.1 Å². The first-order valence-electron chi connectivity index (χ1n) is 2.36. The van der Waals surface area contributed by atoms with Gasteiger partial charge in [-0.3, -0.25) is 4.79 Å². The Balaban J connectivity index is 0. The van der Waals surface area contributed by atoms with Crippen LogP contribution in [-0.2, 0) is 4.79 Å². The monoisotopic (exact) mass is 173 g/mol. The third-order valence-electron chi connectivity index (χ3n) is 0.650. The summed E-state index contributed by atoms with van der Waals surface area (Å²) in [5, 5.41) is 9.37. The number of nitrogens with one attached hydrogen (secondary N) is 1. The fourth-order valence-corrected chi connectivity index (χ4v) is 0.274. The summed E-state index contributed by atoms with van der Waals surface area (Å²) in [7, 11) is 0. The SMILES string of the molecule is C.CC(=O)NC(O)C(F)(F)F. The van der Waals surface area contributed by atoms with Crippen molar-refractivity contribution in [2.24, 2.45) is 0 Å². The Bertz CT molecular complexity index is 134. The fraction of sp³-hybridized carbons (Fsp3) is 0.800. The quantitative estimate of drug-likeness (QED) is 0.571. The number of hydrogen-bond acceptors (Lipinski definition) is 2. The van der Waals surface area contributed by atoms with Crippen LogP contribution < -0.4 is 5.32 Å². The number of amides is 1. The van der Waals surface area contributed by atoms with Crippen molar-refractivity contribution >= 4 is 5.91 Å². The van der Waals surface area contributed by atoms with E-state index in [9.17, 15) is 18.0 Å². The summed E-state index contributed by atoms with van der Waals surface area (Å²) in [6, 6.07) is 0. The van der Waals surface area contributed by atoms with Gasteiger partial charge in [-0.15, -0.1) is 0 Å². The highest BCUT2D eigenvalue weighted by Gasteiger charge is 2.38. The summed E-state index contributed by atoms with van der Waals surface area (Å²) in [5.41, 5.74) is 0. The van der Waals surface area contributed by atoms with Crippen LogP contribution in [-0.4, -0.2) is 23.4 Å². The van der Waals surface area contributed by atoms with Crippen LogP contribution >= 0.6 is 0 Å². The number of aliphatic hydroxyl groups excluding tert-OH is 1. The van der Waals surface area contributed by atoms with Crippen LogP contribution in [0.4, 0.5) is 13.2 Å². The van der Waals surface area contributed by atoms with Crippen LogP contribution in [0.25, 0.3) is 0 Å². The predicted octanol–water partition coefficient (Wildman–Crippen LogP) is 0.639. The van der Waals surface area contributed by atoms with E-state index >= 15 is 0 Å². The average molecular weight is 173 g/mol. The van der Waals surface area contributed by atoms with Crippen molar-refractivity contribution in [1.82, 2.24) is 5.32 Å². The highest BCUT2D eigenvalue weighted by molar-refractivity contribution is 5.73. The van der Waals surface area contributed by atoms with Gasteiger partial charge in [0.05, 0.1) is 0 Å². The maximum absolute atomic E-state index is 11.3. The number of rotatable bonds is 1. The molecule has 0 spiro atoms. The van der Waals surface area contributed by atoms with Crippen molar-refractivity contribution in [1.29, 1.82) is 0 Å². The van der Waals surface area contributed by atoms with Gasteiger partial charge in [-0.05, 0) is 0 Å². The molecule has 1 atom stereocenters. The Labute approximate surface area is 62.2 Å². The number of halogens is 3. The number of alkyl halides is 3. The number of carbonyl (C=O) groups is 1. The molecule has 1 unspecified atom stereocenters. The van der Waals surface area contributed by atoms with Crippen molar-refractivity contribution in [3.63, 3.8) is 0 Å². The molecule has 0 radical (unpaired) electrons. The molecule has 0 saturated carbocycles. The molecule has 0 fully saturated rings. The molecule has 6 heteroatoms. The van der Waals surface area contributed by atoms with E-state index in [0.717, 1.165) is 6.92 Å². The third-order valence-corrected chi connectivity index (χ3v) is 0.650. The molecule has 11 heavy (non-hydrogen) atoms. The molecule has 1 amide bonds. The zero-order valence-electron chi connectivity index (χ0n) is 5.07. The Hall–Kier alpha value is -0.780. The summed E-state index contributed by atoms with van der Waals surface area (Å²) in [6.45, 7) is 0.884. The lowest BCUT2D eigenvalue weighted by Crippen LogP contribution is -2.44. The normalized spacial score (nSPS) is 13.2. The zero-order valence-corrected chi connectivity index (χ0v) is 5.07. The lowest BCUT2D eigenvalue weighted by molar-refractivity contribution is -0.213. The molecule has 0 aromatic heterocycles. The smallest absolute Gasteiger partial charge is 0.366 e. The second kappa shape index (κ2) is 4.17. The summed E-state index contributed by atoms with van der Waals surface area (Å²) >= 11 is 0. The second-order valence-corrected chi connectivity index (χ2v) is 1.64. The van der Waals surface area contributed by atoms with Gasteiger partial charge >= 0.3 is 6.18 Å². The molecule has 0 saturated heterocycles. The number of carbonyl (C=O) groups excluding carboxylic acids is 1. The summed E-state index contributed by atoms with van der Waals surface area (Å²) < 4.78 is 34.0. The van der Waals surface area contributed by atoms with Crippen LogP contribution in [0.5, 0.6) is 0 Å². The van der Waals surface area contributed by atoms with Crippen molar-refractivity contribution in [3.8, 4) is 0 Å². The van der Waals surface area contributed by atoms with Gasteiger partial charge in [-0.1, -0.05) is 7.43 Å². The minimum absolute atomic E-state index is 0. The zero-order chi connectivity index (χ0) is 8.36. The Morgan fingerprint density at radius 3 is 2.00 bits per heavy atom. The lowest BCUT2D eigenvalue weighted by Gasteiger charge is -2.13. The first-order chi connectivity index (χ1) is 4.34. The molecule has 2 N–H and O–H groups in total. The highest BCUT2D eigenvalue weighted by atomic mass is 19.4. The van der Waals surface area contributed by atoms with E-state index in [4.69, 9.17) is 5.11 Å². The standard InChI is InChI=1S/C4H6F3NO2.CH4/c1-2(9)8-3(10)4(5,6)7;/h3,10H,1H3,(H,8,9);1H4. The van der Waals surface area contributed by atoms with Gasteiger partial charge in [0.1, 0.15) is 0 Å². The maximum Gasteiger partial charge on any atom is 0.433 e. The van der Waals surface area contributed by atoms with Gasteiger partial charge in [0.25, 0.3) is 0 Å². The Morgan fingerprint density at radius 1 is 1.55 bits per heavy atom. The van der Waals surface area contributed by atoms with Crippen LogP contribution in [0.3, 0.4) is 0 Å². The predicted molar refractivity (Wildman–Crippen MR) is 32.6 cm³/mol. The molecule has 0 aromatic rings. The van der Waals surface area contributed by atoms with E-state index in [1.165, 1.54) is 5.32 Å². The second-order valence-electron chi connectivity index (χ2n) is 1.64. The van der Waals surface area contributed by atoms with Gasteiger partial charge in [-0.2, -0.15) is 13.2 Å². The summed E-state index contributed by atoms with van der Waals surface area (Å²) in [4.78, 5) is 9.93. The Morgan fingerprint density at radius 2 is 1.91 bits per heavy atom. The van der Waals surface area contributed by atoms with Crippen molar-refractivity contribution in [2.45, 2.75) is 26.8 Å². The van der Waals surface area contributed by atoms with Gasteiger partial charge in [-0.25, -0.2) is 0 Å². The van der Waals surface area contributed by atoms with Gasteiger partial charge < -0.3 is 10.4 Å². The molecule has 68 valence electrons. The van der Waals surface area contributed by atoms with Crippen LogP contribution in [0, 0.1) is 0 Å². The lowest BCUT2D eigenvalue weighted by atomic mass is 10.5. The third kappa shape index (κ3) is 5.65. The highest BCUT2D eigenvalue weighted by Crippen LogP contribution is 2.17. The van der Waals surface area contributed by atoms with Crippen LogP contribution in [0.2, 0.25) is 0 Å². The average Bonchev–Trinajstić information content (AvgIpc) is 1.60. The number of aliphatic hydroxyl groups is 1. The van der Waals surface area contributed by atoms with Gasteiger partial charge in [0, 0.05) is 6.92 Å². The molecule has 0 aliphatic carbocycles. The molecule has 0 aliphatic heterocycles. The fourth-order valence-electron chi connectivity index (χ4n) is 0.274. The van der Waals surface area contributed by atoms with Gasteiger partial charge in [0.2, 0.25) is 12.1 Å². The first kappa shape index (κ1) is 12.9. The summed E-state index contributed by atoms with van der Waals surface area (Å²) in [5.74, 6) is -0.926. The molecular weight excluding hydrogens is 163 g/mol. The largest absolute Gasteiger partial charge is 0.433 e. The molecule has 0 heterocycles. The van der Waals surface area contributed by atoms with E-state index in [0.29, 0.717) is 0 Å². The Kier molecular flexibility index (Phi) is 4.88. The molecule has 0 aliphatic rings. The number of hydrogen-bond donors (Lipinski definition) is 2. The van der Waals surface area contributed by atoms with E-state index in [-0.39, 0.29) is 7.43 Å². The van der Waals surface area contributed by atoms with E-state index < -0.39 is 18.3 Å².